The van der Waals surface area contributed by atoms with Crippen LogP contribution in [-0.2, 0) is 4.79 Å². The number of nitro groups is 1. The van der Waals surface area contributed by atoms with E-state index >= 15 is 0 Å². The van der Waals surface area contributed by atoms with Crippen LogP contribution in [0.2, 0.25) is 0 Å². The summed E-state index contributed by atoms with van der Waals surface area (Å²) < 4.78 is 5.31. The Morgan fingerprint density at radius 2 is 2.30 bits per heavy atom. The Labute approximate surface area is 115 Å². The second-order valence-electron chi connectivity index (χ2n) is 4.06. The van der Waals surface area contributed by atoms with Crippen molar-refractivity contribution in [3.8, 4) is 5.75 Å². The molecule has 1 aromatic carbocycles. The molecule has 0 radical (unpaired) electrons. The second kappa shape index (κ2) is 7.29. The third-order valence-electron chi connectivity index (χ3n) is 2.46. The maximum atomic E-state index is 11.1. The summed E-state index contributed by atoms with van der Waals surface area (Å²) >= 11 is 0. The van der Waals surface area contributed by atoms with Crippen molar-refractivity contribution in [2.45, 2.75) is 19.4 Å². The lowest BCUT2D eigenvalue weighted by atomic mass is 10.2. The number of para-hydroxylation sites is 1. The monoisotopic (exact) mass is 283 g/mol. The highest BCUT2D eigenvalue weighted by molar-refractivity contribution is 5.79. The van der Waals surface area contributed by atoms with Crippen LogP contribution in [0.4, 0.5) is 11.4 Å². The minimum Gasteiger partial charge on any atom is -0.487 e. The van der Waals surface area contributed by atoms with E-state index in [-0.39, 0.29) is 23.7 Å². The molecule has 1 unspecified atom stereocenters. The maximum Gasteiger partial charge on any atom is 0.333 e. The van der Waals surface area contributed by atoms with Crippen molar-refractivity contribution in [3.63, 3.8) is 0 Å². The molecule has 0 fully saturated rings. The average Bonchev–Trinajstić information content (AvgIpc) is 2.41. The number of amides is 1. The van der Waals surface area contributed by atoms with E-state index < -0.39 is 16.9 Å². The Hall–Kier alpha value is -2.35. The van der Waals surface area contributed by atoms with E-state index in [9.17, 15) is 20.0 Å². The van der Waals surface area contributed by atoms with E-state index in [1.807, 2.05) is 6.92 Å². The molecule has 0 heterocycles. The van der Waals surface area contributed by atoms with Gasteiger partial charge >= 0.3 is 5.69 Å². The summed E-state index contributed by atoms with van der Waals surface area (Å²) in [7, 11) is 0. The number of aliphatic hydroxyl groups is 1. The van der Waals surface area contributed by atoms with Gasteiger partial charge in [-0.1, -0.05) is 13.0 Å². The predicted molar refractivity (Wildman–Crippen MR) is 72.6 cm³/mol. The summed E-state index contributed by atoms with van der Waals surface area (Å²) in [6, 6.07) is 4.53. The third kappa shape index (κ3) is 4.09. The van der Waals surface area contributed by atoms with E-state index in [1.165, 1.54) is 12.1 Å². The van der Waals surface area contributed by atoms with Gasteiger partial charge in [-0.3, -0.25) is 14.9 Å². The van der Waals surface area contributed by atoms with Gasteiger partial charge in [-0.15, -0.1) is 0 Å². The summed E-state index contributed by atoms with van der Waals surface area (Å²) in [5.74, 6) is -0.769. The van der Waals surface area contributed by atoms with Crippen molar-refractivity contribution >= 4 is 17.3 Å². The van der Waals surface area contributed by atoms with Gasteiger partial charge in [0.15, 0.2) is 5.75 Å². The zero-order chi connectivity index (χ0) is 15.1. The molecule has 0 spiro atoms. The summed E-state index contributed by atoms with van der Waals surface area (Å²) in [6.07, 6.45) is -0.704. The molecule has 0 aliphatic rings. The van der Waals surface area contributed by atoms with E-state index in [0.717, 1.165) is 6.42 Å². The number of primary amides is 1. The number of anilines is 1. The van der Waals surface area contributed by atoms with Crippen LogP contribution in [0.5, 0.6) is 5.75 Å². The summed E-state index contributed by atoms with van der Waals surface area (Å²) in [4.78, 5) is 21.3. The molecule has 0 saturated carbocycles. The Bertz CT molecular complexity index is 492. The molecule has 20 heavy (non-hydrogen) atoms. The van der Waals surface area contributed by atoms with Crippen molar-refractivity contribution in [2.24, 2.45) is 5.73 Å². The van der Waals surface area contributed by atoms with Crippen molar-refractivity contribution in [1.82, 2.24) is 0 Å². The third-order valence-corrected chi connectivity index (χ3v) is 2.46. The van der Waals surface area contributed by atoms with Crippen LogP contribution in [-0.4, -0.2) is 35.2 Å². The maximum absolute atomic E-state index is 11.1. The second-order valence-corrected chi connectivity index (χ2v) is 4.06. The molecular formula is C12H17N3O5. The van der Waals surface area contributed by atoms with Gasteiger partial charge in [-0.2, -0.15) is 0 Å². The van der Waals surface area contributed by atoms with Gasteiger partial charge in [0.05, 0.1) is 18.1 Å². The largest absolute Gasteiger partial charge is 0.487 e. The Kier molecular flexibility index (Phi) is 5.73. The number of nitro benzene ring substituents is 1. The molecule has 4 N–H and O–H groups in total. The van der Waals surface area contributed by atoms with E-state index in [4.69, 9.17) is 10.5 Å². The first-order valence-corrected chi connectivity index (χ1v) is 6.08. The predicted octanol–water partition coefficient (Wildman–Crippen LogP) is 0.642. The molecule has 0 aliphatic heterocycles. The Morgan fingerprint density at radius 1 is 1.60 bits per heavy atom. The standard InChI is InChI=1S/C12H17N3O5/c1-2-6-20-10-5-3-4-8(11(10)15(18)19)14-7-9(16)12(13)17/h3-5,9,14,16H,2,6-7H2,1H3,(H2,13,17). The first-order chi connectivity index (χ1) is 9.47. The molecule has 8 heteroatoms. The van der Waals surface area contributed by atoms with Crippen LogP contribution in [0.1, 0.15) is 13.3 Å². The molecule has 1 atom stereocenters. The summed E-state index contributed by atoms with van der Waals surface area (Å²) in [5, 5.41) is 23.0. The lowest BCUT2D eigenvalue weighted by molar-refractivity contribution is -0.385. The van der Waals surface area contributed by atoms with Crippen LogP contribution < -0.4 is 15.8 Å². The highest BCUT2D eigenvalue weighted by Gasteiger charge is 2.22. The number of nitrogens with zero attached hydrogens (tertiary/aromatic N) is 1. The smallest absolute Gasteiger partial charge is 0.333 e. The van der Waals surface area contributed by atoms with Gasteiger partial charge in [0.25, 0.3) is 0 Å². The number of benzene rings is 1. The van der Waals surface area contributed by atoms with Gasteiger partial charge in [0.2, 0.25) is 5.91 Å². The van der Waals surface area contributed by atoms with Gasteiger partial charge in [-0.05, 0) is 18.6 Å². The number of nitrogens with two attached hydrogens (primary N) is 1. The molecule has 0 saturated heterocycles. The summed E-state index contributed by atoms with van der Waals surface area (Å²) in [6.45, 7) is 2.03. The topological polar surface area (TPSA) is 128 Å². The number of hydrogen-bond donors (Lipinski definition) is 3. The van der Waals surface area contributed by atoms with Gasteiger partial charge in [-0.25, -0.2) is 0 Å². The fourth-order valence-corrected chi connectivity index (χ4v) is 1.49. The van der Waals surface area contributed by atoms with E-state index in [2.05, 4.69) is 5.32 Å². The number of carbonyl (C=O) groups excluding carboxylic acids is 1. The van der Waals surface area contributed by atoms with Crippen LogP contribution >= 0.6 is 0 Å². The Morgan fingerprint density at radius 3 is 2.85 bits per heavy atom. The fourth-order valence-electron chi connectivity index (χ4n) is 1.49. The molecule has 1 aromatic rings. The number of rotatable bonds is 8. The van der Waals surface area contributed by atoms with Gasteiger partial charge in [0.1, 0.15) is 11.8 Å². The minimum absolute atomic E-state index is 0.135. The normalized spacial score (nSPS) is 11.7. The molecule has 0 bridgehead atoms. The van der Waals surface area contributed by atoms with Crippen LogP contribution in [0.25, 0.3) is 0 Å². The van der Waals surface area contributed by atoms with Gasteiger partial charge < -0.3 is 20.9 Å². The van der Waals surface area contributed by atoms with Crippen LogP contribution in [0, 0.1) is 10.1 Å². The molecule has 1 amide bonds. The highest BCUT2D eigenvalue weighted by atomic mass is 16.6. The van der Waals surface area contributed by atoms with Crippen molar-refractivity contribution < 1.29 is 19.6 Å². The molecular weight excluding hydrogens is 266 g/mol. The fraction of sp³-hybridized carbons (Fsp3) is 0.417. The van der Waals surface area contributed by atoms with Crippen LogP contribution in [0.15, 0.2) is 18.2 Å². The number of carbonyl (C=O) groups is 1. The van der Waals surface area contributed by atoms with Crippen molar-refractivity contribution in [2.75, 3.05) is 18.5 Å². The molecule has 0 aliphatic carbocycles. The zero-order valence-corrected chi connectivity index (χ0v) is 11.0. The lowest BCUT2D eigenvalue weighted by Gasteiger charge is -2.12. The molecule has 1 rings (SSSR count). The minimum atomic E-state index is -1.42. The van der Waals surface area contributed by atoms with Crippen molar-refractivity contribution in [3.05, 3.63) is 28.3 Å². The number of aliphatic hydroxyl groups excluding tert-OH is 1. The number of hydrogen-bond acceptors (Lipinski definition) is 6. The summed E-state index contributed by atoms with van der Waals surface area (Å²) in [5.41, 5.74) is 4.82. The number of nitrogens with one attached hydrogen (secondary N) is 1. The van der Waals surface area contributed by atoms with E-state index in [0.29, 0.717) is 6.61 Å². The van der Waals surface area contributed by atoms with E-state index in [1.54, 1.807) is 6.07 Å². The quantitative estimate of drug-likeness (QED) is 0.474. The molecule has 8 nitrogen and oxygen atoms in total. The SMILES string of the molecule is CCCOc1cccc(NCC(O)C(N)=O)c1[N+](=O)[O-]. The van der Waals surface area contributed by atoms with Crippen molar-refractivity contribution in [1.29, 1.82) is 0 Å². The molecule has 110 valence electrons. The Balaban J connectivity index is 2.94. The lowest BCUT2D eigenvalue weighted by Crippen LogP contribution is -2.34. The molecule has 0 aromatic heterocycles. The first-order valence-electron chi connectivity index (χ1n) is 6.08. The first kappa shape index (κ1) is 15.7. The average molecular weight is 283 g/mol. The zero-order valence-electron chi connectivity index (χ0n) is 11.0. The highest BCUT2D eigenvalue weighted by Crippen LogP contribution is 2.34. The number of ether oxygens (including phenoxy) is 1. The van der Waals surface area contributed by atoms with Crippen LogP contribution in [0.3, 0.4) is 0 Å². The van der Waals surface area contributed by atoms with Gasteiger partial charge in [0, 0.05) is 0 Å².